The van der Waals surface area contributed by atoms with Crippen molar-refractivity contribution in [3.8, 4) is 17.2 Å². The van der Waals surface area contributed by atoms with Crippen LogP contribution in [0.2, 0.25) is 0 Å². The number of amides is 2. The molecule has 0 heterocycles. The molecule has 0 radical (unpaired) electrons. The van der Waals surface area contributed by atoms with Crippen molar-refractivity contribution in [3.63, 3.8) is 0 Å². The van der Waals surface area contributed by atoms with Crippen LogP contribution in [0.25, 0.3) is 0 Å². The molecule has 0 saturated heterocycles. The second-order valence-corrected chi connectivity index (χ2v) is 10.6. The Bertz CT molecular complexity index is 992. The van der Waals surface area contributed by atoms with Crippen LogP contribution in [0.1, 0.15) is 53.5 Å². The van der Waals surface area contributed by atoms with Gasteiger partial charge in [-0.05, 0) is 41.5 Å². The van der Waals surface area contributed by atoms with Gasteiger partial charge in [-0.25, -0.2) is 9.59 Å². The molecule has 2 N–H and O–H groups in total. The summed E-state index contributed by atoms with van der Waals surface area (Å²) in [6, 6.07) is 1.82. The van der Waals surface area contributed by atoms with Crippen molar-refractivity contribution in [3.05, 3.63) is 17.7 Å². The van der Waals surface area contributed by atoms with Crippen LogP contribution in [0.15, 0.2) is 12.1 Å². The number of ether oxygens (including phenoxy) is 6. The highest BCUT2D eigenvalue weighted by Gasteiger charge is 2.35. The van der Waals surface area contributed by atoms with Crippen molar-refractivity contribution >= 4 is 35.5 Å². The Labute approximate surface area is 233 Å². The summed E-state index contributed by atoms with van der Waals surface area (Å²) in [4.78, 5) is 50.7. The zero-order valence-electron chi connectivity index (χ0n) is 23.9. The molecule has 0 bridgehead atoms. The number of nitrogens with one attached hydrogen (secondary N) is 2. The molecule has 0 aliphatic heterocycles. The first kappa shape index (κ1) is 33.6. The summed E-state index contributed by atoms with van der Waals surface area (Å²) < 4.78 is 31.9. The summed E-state index contributed by atoms with van der Waals surface area (Å²) in [5.74, 6) is -1.85. The van der Waals surface area contributed by atoms with E-state index in [0.717, 1.165) is 0 Å². The number of hydrogen-bond donors (Lipinski definition) is 2. The van der Waals surface area contributed by atoms with Crippen LogP contribution in [0, 0.1) is 0 Å². The topological polar surface area (TPSA) is 148 Å². The van der Waals surface area contributed by atoms with E-state index in [9.17, 15) is 19.2 Å². The molecule has 2 amide bonds. The zero-order chi connectivity index (χ0) is 30.0. The van der Waals surface area contributed by atoms with Crippen LogP contribution in [-0.4, -0.2) is 74.5 Å². The van der Waals surface area contributed by atoms with Crippen LogP contribution in [0.5, 0.6) is 17.2 Å². The van der Waals surface area contributed by atoms with E-state index in [4.69, 9.17) is 40.0 Å². The summed E-state index contributed by atoms with van der Waals surface area (Å²) in [5.41, 5.74) is -1.29. The number of rotatable bonds is 12. The Morgan fingerprint density at radius 2 is 1.41 bits per heavy atom. The molecule has 39 heavy (non-hydrogen) atoms. The predicted octanol–water partition coefficient (Wildman–Crippen LogP) is 3.10. The molecular formula is C26H39ClN2O10. The van der Waals surface area contributed by atoms with E-state index < -0.39 is 59.6 Å². The molecule has 1 aromatic rings. The van der Waals surface area contributed by atoms with Gasteiger partial charge >= 0.3 is 18.0 Å². The van der Waals surface area contributed by atoms with Crippen molar-refractivity contribution in [1.29, 1.82) is 0 Å². The number of alkyl halides is 1. The van der Waals surface area contributed by atoms with Gasteiger partial charge in [-0.15, -0.1) is 11.6 Å². The number of carbonyl (C=O) groups is 4. The summed E-state index contributed by atoms with van der Waals surface area (Å²) in [7, 11) is 4.37. The van der Waals surface area contributed by atoms with Gasteiger partial charge in [0.15, 0.2) is 6.10 Å². The molecular weight excluding hydrogens is 536 g/mol. The third-order valence-corrected chi connectivity index (χ3v) is 4.98. The van der Waals surface area contributed by atoms with Gasteiger partial charge < -0.3 is 39.1 Å². The molecule has 1 unspecified atom stereocenters. The van der Waals surface area contributed by atoms with Crippen LogP contribution < -0.4 is 24.8 Å². The van der Waals surface area contributed by atoms with Gasteiger partial charge in [-0.2, -0.15) is 0 Å². The van der Waals surface area contributed by atoms with Gasteiger partial charge in [0, 0.05) is 18.6 Å². The molecule has 1 aromatic carbocycles. The van der Waals surface area contributed by atoms with E-state index in [-0.39, 0.29) is 6.54 Å². The lowest BCUT2D eigenvalue weighted by Crippen LogP contribution is -2.50. The number of hydrogen-bond acceptors (Lipinski definition) is 10. The first-order chi connectivity index (χ1) is 18.0. The molecule has 0 saturated carbocycles. The minimum Gasteiger partial charge on any atom is -0.496 e. The highest BCUT2D eigenvalue weighted by atomic mass is 35.5. The first-order valence-electron chi connectivity index (χ1n) is 12.1. The summed E-state index contributed by atoms with van der Waals surface area (Å²) >= 11 is 5.59. The molecule has 12 nitrogen and oxygen atoms in total. The smallest absolute Gasteiger partial charge is 0.408 e. The maximum atomic E-state index is 13.2. The highest BCUT2D eigenvalue weighted by Crippen LogP contribution is 2.34. The average molecular weight is 575 g/mol. The fourth-order valence-electron chi connectivity index (χ4n) is 3.19. The number of alkyl carbamates (subject to hydrolysis) is 1. The second-order valence-electron chi connectivity index (χ2n) is 10.3. The number of carbonyl (C=O) groups excluding carboxylic acids is 4. The van der Waals surface area contributed by atoms with Gasteiger partial charge in [-0.3, -0.25) is 9.59 Å². The van der Waals surface area contributed by atoms with Crippen molar-refractivity contribution in [2.75, 3.05) is 27.2 Å². The van der Waals surface area contributed by atoms with Crippen LogP contribution >= 0.6 is 11.6 Å². The number of esters is 2. The Kier molecular flexibility index (Phi) is 12.6. The van der Waals surface area contributed by atoms with E-state index >= 15 is 0 Å². The Hall–Kier alpha value is -3.41. The second kappa shape index (κ2) is 14.7. The van der Waals surface area contributed by atoms with Crippen molar-refractivity contribution in [1.82, 2.24) is 10.6 Å². The standard InChI is InChI=1S/C26H39ClN2O10/c1-25(2,3)38-23(32)17(29-24(33)39-26(4,5)6)12-20(37-21(30)13-27)22(31)28-14-16-18(35-8)10-15(34-7)11-19(16)36-9/h10-11,17,20H,12-14H2,1-9H3,(H,28,31)(H,29,33)/t17-,20?/m0/s1. The molecule has 0 fully saturated rings. The fourth-order valence-corrected chi connectivity index (χ4v) is 3.25. The van der Waals surface area contributed by atoms with Crippen molar-refractivity contribution < 1.29 is 47.6 Å². The fraction of sp³-hybridized carbons (Fsp3) is 0.615. The Morgan fingerprint density at radius 3 is 1.85 bits per heavy atom. The molecule has 0 aliphatic carbocycles. The van der Waals surface area contributed by atoms with Crippen molar-refractivity contribution in [2.24, 2.45) is 0 Å². The van der Waals surface area contributed by atoms with E-state index in [1.165, 1.54) is 21.3 Å². The van der Waals surface area contributed by atoms with Gasteiger partial charge in [0.25, 0.3) is 5.91 Å². The van der Waals surface area contributed by atoms with E-state index in [1.54, 1.807) is 53.7 Å². The summed E-state index contributed by atoms with van der Waals surface area (Å²) in [5, 5.41) is 5.05. The molecule has 0 spiro atoms. The first-order valence-corrected chi connectivity index (χ1v) is 12.6. The number of halogens is 1. The number of methoxy groups -OCH3 is 3. The van der Waals surface area contributed by atoms with Crippen LogP contribution in [-0.2, 0) is 35.1 Å². The van der Waals surface area contributed by atoms with Gasteiger partial charge in [0.05, 0.1) is 33.4 Å². The molecule has 0 aliphatic rings. The lowest BCUT2D eigenvalue weighted by molar-refractivity contribution is -0.162. The maximum Gasteiger partial charge on any atom is 0.408 e. The summed E-state index contributed by atoms with van der Waals surface area (Å²) in [6.45, 7) is 9.77. The van der Waals surface area contributed by atoms with Crippen LogP contribution in [0.3, 0.4) is 0 Å². The molecule has 0 aromatic heterocycles. The molecule has 2 atom stereocenters. The van der Waals surface area contributed by atoms with Crippen molar-refractivity contribution in [2.45, 2.75) is 77.9 Å². The van der Waals surface area contributed by atoms with Gasteiger partial charge in [0.2, 0.25) is 0 Å². The van der Waals surface area contributed by atoms with E-state index in [2.05, 4.69) is 10.6 Å². The lowest BCUT2D eigenvalue weighted by atomic mass is 10.1. The Balaban J connectivity index is 3.25. The largest absolute Gasteiger partial charge is 0.496 e. The minimum absolute atomic E-state index is 0.0965. The SMILES string of the molecule is COc1cc(OC)c(CNC(=O)C(C[C@H](NC(=O)OC(C)(C)C)C(=O)OC(C)(C)C)OC(=O)CCl)c(OC)c1. The lowest BCUT2D eigenvalue weighted by Gasteiger charge is -2.28. The average Bonchev–Trinajstić information content (AvgIpc) is 2.83. The monoisotopic (exact) mass is 574 g/mol. The third kappa shape index (κ3) is 11.9. The Morgan fingerprint density at radius 1 is 0.872 bits per heavy atom. The number of benzene rings is 1. The van der Waals surface area contributed by atoms with Gasteiger partial charge in [-0.1, -0.05) is 0 Å². The normalized spacial score (nSPS) is 12.9. The highest BCUT2D eigenvalue weighted by molar-refractivity contribution is 6.26. The quantitative estimate of drug-likeness (QED) is 0.217. The molecule has 220 valence electrons. The maximum absolute atomic E-state index is 13.2. The zero-order valence-corrected chi connectivity index (χ0v) is 24.6. The predicted molar refractivity (Wildman–Crippen MR) is 142 cm³/mol. The third-order valence-electron chi connectivity index (χ3n) is 4.76. The molecule has 13 heteroatoms. The molecule has 1 rings (SSSR count). The van der Waals surface area contributed by atoms with E-state index in [0.29, 0.717) is 22.8 Å². The van der Waals surface area contributed by atoms with Gasteiger partial charge in [0.1, 0.15) is 40.4 Å². The van der Waals surface area contributed by atoms with E-state index in [1.807, 2.05) is 0 Å². The minimum atomic E-state index is -1.53. The summed E-state index contributed by atoms with van der Waals surface area (Å²) in [6.07, 6.45) is -2.91. The van der Waals surface area contributed by atoms with Crippen LogP contribution in [0.4, 0.5) is 4.79 Å².